The van der Waals surface area contributed by atoms with E-state index in [4.69, 9.17) is 11.6 Å². The van der Waals surface area contributed by atoms with Crippen LogP contribution >= 0.6 is 11.6 Å². The van der Waals surface area contributed by atoms with Gasteiger partial charge in [-0.05, 0) is 23.0 Å². The molecule has 0 amide bonds. The molecule has 0 aromatic carbocycles. The zero-order valence-corrected chi connectivity index (χ0v) is 14.0. The minimum Gasteiger partial charge on any atom is -0.288 e. The predicted molar refractivity (Wildman–Crippen MR) is 81.9 cm³/mol. The molecule has 0 radical (unpaired) electrons. The van der Waals surface area contributed by atoms with Gasteiger partial charge in [-0.15, -0.1) is 0 Å². The number of rotatable bonds is 3. The van der Waals surface area contributed by atoms with E-state index in [0.717, 1.165) is 0 Å². The second kappa shape index (κ2) is 4.21. The minimum atomic E-state index is -3.73. The van der Waals surface area contributed by atoms with Gasteiger partial charge < -0.3 is 0 Å². The molecule has 114 valence electrons. The first-order valence-electron chi connectivity index (χ1n) is 6.74. The Kier molecular flexibility index (Phi) is 2.97. The molecule has 0 atom stereocenters. The van der Waals surface area contributed by atoms with Gasteiger partial charge in [0.15, 0.2) is 10.2 Å². The molecule has 1 aliphatic rings. The predicted octanol–water partition coefficient (Wildman–Crippen LogP) is 2.70. The average Bonchev–Trinajstić information content (AvgIpc) is 2.69. The van der Waals surface area contributed by atoms with Crippen LogP contribution in [0.25, 0.3) is 5.65 Å². The summed E-state index contributed by atoms with van der Waals surface area (Å²) < 4.78 is 29.7. The van der Waals surface area contributed by atoms with E-state index in [1.807, 2.05) is 0 Å². The van der Waals surface area contributed by atoms with Crippen LogP contribution in [-0.4, -0.2) is 23.8 Å². The van der Waals surface area contributed by atoms with Gasteiger partial charge in [-0.25, -0.2) is 18.1 Å². The fourth-order valence-electron chi connectivity index (χ4n) is 2.89. The molecule has 3 rings (SSSR count). The van der Waals surface area contributed by atoms with Crippen molar-refractivity contribution in [2.45, 2.75) is 38.8 Å². The monoisotopic (exact) mass is 327 g/mol. The van der Waals surface area contributed by atoms with Crippen LogP contribution in [0.1, 0.15) is 27.7 Å². The van der Waals surface area contributed by atoms with Gasteiger partial charge in [-0.2, -0.15) is 0 Å². The molecule has 2 aromatic rings. The Morgan fingerprint density at radius 2 is 1.86 bits per heavy atom. The van der Waals surface area contributed by atoms with E-state index in [0.29, 0.717) is 5.65 Å². The van der Waals surface area contributed by atoms with Crippen molar-refractivity contribution in [3.05, 3.63) is 29.5 Å². The van der Waals surface area contributed by atoms with Gasteiger partial charge in [0.05, 0.1) is 0 Å². The van der Waals surface area contributed by atoms with Crippen LogP contribution in [0.3, 0.4) is 0 Å². The maximum absolute atomic E-state index is 12.7. The molecule has 1 saturated carbocycles. The number of halogens is 1. The molecule has 1 N–H and O–H groups in total. The van der Waals surface area contributed by atoms with Crippen molar-refractivity contribution in [2.24, 2.45) is 10.8 Å². The summed E-state index contributed by atoms with van der Waals surface area (Å²) in [5.74, 6) is 0. The summed E-state index contributed by atoms with van der Waals surface area (Å²) in [6.45, 7) is 8.21. The summed E-state index contributed by atoms with van der Waals surface area (Å²) in [6.07, 6.45) is 1.64. The third-order valence-electron chi connectivity index (χ3n) is 4.99. The zero-order chi connectivity index (χ0) is 15.6. The van der Waals surface area contributed by atoms with E-state index in [-0.39, 0.29) is 27.1 Å². The highest BCUT2D eigenvalue weighted by atomic mass is 35.5. The van der Waals surface area contributed by atoms with Gasteiger partial charge in [0.1, 0.15) is 5.65 Å². The molecule has 2 heterocycles. The van der Waals surface area contributed by atoms with Crippen molar-refractivity contribution in [3.63, 3.8) is 0 Å². The van der Waals surface area contributed by atoms with Crippen LogP contribution in [0.15, 0.2) is 29.4 Å². The largest absolute Gasteiger partial charge is 0.288 e. The van der Waals surface area contributed by atoms with Gasteiger partial charge in [-0.1, -0.05) is 45.4 Å². The van der Waals surface area contributed by atoms with Gasteiger partial charge in [-0.3, -0.25) is 4.40 Å². The first-order chi connectivity index (χ1) is 9.59. The molecule has 0 unspecified atom stereocenters. The van der Waals surface area contributed by atoms with Crippen molar-refractivity contribution in [2.75, 3.05) is 0 Å². The molecule has 1 aliphatic carbocycles. The van der Waals surface area contributed by atoms with Crippen LogP contribution in [0.2, 0.25) is 5.15 Å². The van der Waals surface area contributed by atoms with E-state index in [2.05, 4.69) is 37.4 Å². The topological polar surface area (TPSA) is 63.5 Å². The molecule has 1 fully saturated rings. The summed E-state index contributed by atoms with van der Waals surface area (Å²) in [5.41, 5.74) is 0.331. The van der Waals surface area contributed by atoms with Gasteiger partial charge >= 0.3 is 0 Å². The second-order valence-corrected chi connectivity index (χ2v) is 8.62. The number of nitrogens with one attached hydrogen (secondary N) is 1. The highest BCUT2D eigenvalue weighted by Gasteiger charge is 2.66. The Bertz CT molecular complexity index is 810. The lowest BCUT2D eigenvalue weighted by Crippen LogP contribution is -2.31. The molecule has 5 nitrogen and oxygen atoms in total. The highest BCUT2D eigenvalue weighted by molar-refractivity contribution is 7.89. The van der Waals surface area contributed by atoms with Crippen LogP contribution in [0.4, 0.5) is 0 Å². The van der Waals surface area contributed by atoms with Crippen molar-refractivity contribution >= 4 is 27.3 Å². The molecule has 0 aliphatic heterocycles. The van der Waals surface area contributed by atoms with Crippen LogP contribution in [-0.2, 0) is 10.0 Å². The molecular formula is C14H18ClN3O2S. The van der Waals surface area contributed by atoms with Gasteiger partial charge in [0.2, 0.25) is 0 Å². The maximum Gasteiger partial charge on any atom is 0.260 e. The van der Waals surface area contributed by atoms with Crippen LogP contribution < -0.4 is 4.72 Å². The lowest BCUT2D eigenvalue weighted by atomic mass is 10.0. The lowest BCUT2D eigenvalue weighted by molar-refractivity contribution is 0.457. The molecule has 0 bridgehead atoms. The van der Waals surface area contributed by atoms with Crippen LogP contribution in [0, 0.1) is 10.8 Å². The van der Waals surface area contributed by atoms with Crippen LogP contribution in [0.5, 0.6) is 0 Å². The molecule has 0 saturated heterocycles. The van der Waals surface area contributed by atoms with E-state index >= 15 is 0 Å². The fraction of sp³-hybridized carbons (Fsp3) is 0.500. The molecule has 2 aromatic heterocycles. The summed E-state index contributed by atoms with van der Waals surface area (Å²) in [5, 5.41) is -0.0109. The number of sulfonamides is 1. The number of hydrogen-bond donors (Lipinski definition) is 1. The molecule has 21 heavy (non-hydrogen) atoms. The first kappa shape index (κ1) is 14.8. The third-order valence-corrected chi connectivity index (χ3v) is 6.82. The Morgan fingerprint density at radius 1 is 1.24 bits per heavy atom. The van der Waals surface area contributed by atoms with Crippen molar-refractivity contribution in [1.82, 2.24) is 14.1 Å². The number of hydrogen-bond acceptors (Lipinski definition) is 3. The quantitative estimate of drug-likeness (QED) is 0.942. The highest BCUT2D eigenvalue weighted by Crippen LogP contribution is 2.63. The van der Waals surface area contributed by atoms with Crippen molar-refractivity contribution in [3.8, 4) is 0 Å². The SMILES string of the molecule is CC1(C)C(NS(=O)(=O)c2c(Cl)nc3ccccn23)C1(C)C. The minimum absolute atomic E-state index is 0.00160. The number of imidazole rings is 1. The molecular weight excluding hydrogens is 310 g/mol. The third kappa shape index (κ3) is 2.00. The van der Waals surface area contributed by atoms with Crippen molar-refractivity contribution in [1.29, 1.82) is 0 Å². The fourth-order valence-corrected chi connectivity index (χ4v) is 5.06. The smallest absolute Gasteiger partial charge is 0.260 e. The number of fused-ring (bicyclic) bond motifs is 1. The first-order valence-corrected chi connectivity index (χ1v) is 8.60. The van der Waals surface area contributed by atoms with E-state index < -0.39 is 10.0 Å². The van der Waals surface area contributed by atoms with E-state index in [1.165, 1.54) is 4.40 Å². The van der Waals surface area contributed by atoms with Gasteiger partial charge in [0.25, 0.3) is 10.0 Å². The summed E-state index contributed by atoms with van der Waals surface area (Å²) in [4.78, 5) is 4.09. The van der Waals surface area contributed by atoms with Crippen molar-refractivity contribution < 1.29 is 8.42 Å². The zero-order valence-electron chi connectivity index (χ0n) is 12.4. The molecule has 0 spiro atoms. The molecule has 7 heteroatoms. The lowest BCUT2D eigenvalue weighted by Gasteiger charge is -2.08. The summed E-state index contributed by atoms with van der Waals surface area (Å²) >= 11 is 6.05. The second-order valence-electron chi connectivity index (χ2n) is 6.63. The Labute approximate surface area is 129 Å². The number of pyridine rings is 1. The maximum atomic E-state index is 12.7. The Hall–Kier alpha value is -1.11. The normalized spacial score (nSPS) is 20.8. The summed E-state index contributed by atoms with van der Waals surface area (Å²) in [7, 11) is -3.73. The number of nitrogens with zero attached hydrogens (tertiary/aromatic N) is 2. The van der Waals surface area contributed by atoms with E-state index in [1.54, 1.807) is 24.4 Å². The Morgan fingerprint density at radius 3 is 2.43 bits per heavy atom. The van der Waals surface area contributed by atoms with E-state index in [9.17, 15) is 8.42 Å². The number of aromatic nitrogens is 2. The summed E-state index contributed by atoms with van der Waals surface area (Å²) in [6, 6.07) is 5.13. The van der Waals surface area contributed by atoms with Gasteiger partial charge in [0, 0.05) is 12.2 Å². The Balaban J connectivity index is 2.05. The average molecular weight is 328 g/mol. The standard InChI is InChI=1S/C14H18ClN3O2S/c1-13(2)12(14(13,3)4)17-21(19,20)11-10(15)16-9-7-5-6-8-18(9)11/h5-8,12,17H,1-4H3.